The maximum Gasteiger partial charge on any atom is 0.154 e. The van der Waals surface area contributed by atoms with Gasteiger partial charge in [-0.1, -0.05) is 84.9 Å². The Morgan fingerprint density at radius 1 is 0.462 bits per heavy atom. The summed E-state index contributed by atoms with van der Waals surface area (Å²) in [7, 11) is 0. The van der Waals surface area contributed by atoms with Crippen LogP contribution >= 0.6 is 0 Å². The minimum Gasteiger partial charge on any atom is -0.354 e. The highest BCUT2D eigenvalue weighted by Crippen LogP contribution is 2.33. The normalized spacial score (nSPS) is 12.3. The molecule has 184 valence electrons. The first kappa shape index (κ1) is 21.6. The van der Waals surface area contributed by atoms with Crippen LogP contribution in [0.5, 0.6) is 0 Å². The van der Waals surface area contributed by atoms with Gasteiger partial charge < -0.3 is 15.0 Å². The number of fused-ring (bicyclic) bond motifs is 6. The van der Waals surface area contributed by atoms with Gasteiger partial charge in [0.1, 0.15) is 5.49 Å². The second-order valence-electron chi connectivity index (χ2n) is 9.74. The number of rotatable bonds is 3. The van der Waals surface area contributed by atoms with Gasteiger partial charge in [0.05, 0.1) is 16.7 Å². The van der Waals surface area contributed by atoms with Crippen LogP contribution in [0.2, 0.25) is 0 Å². The van der Waals surface area contributed by atoms with Gasteiger partial charge >= 0.3 is 0 Å². The third kappa shape index (κ3) is 3.55. The zero-order valence-corrected chi connectivity index (χ0v) is 20.9. The molecule has 0 aliphatic carbocycles. The van der Waals surface area contributed by atoms with Gasteiger partial charge in [-0.05, 0) is 36.4 Å². The Hall–Kier alpha value is -5.42. The van der Waals surface area contributed by atoms with Gasteiger partial charge in [0.25, 0.3) is 0 Å². The number of H-pyrrole nitrogens is 3. The Morgan fingerprint density at radius 2 is 1.05 bits per heavy atom. The third-order valence-corrected chi connectivity index (χ3v) is 7.40. The van der Waals surface area contributed by atoms with Gasteiger partial charge in [-0.25, -0.2) is 9.98 Å². The lowest BCUT2D eigenvalue weighted by Gasteiger charge is -2.05. The number of nitrogens with zero attached hydrogens (tertiary/aromatic N) is 2. The molecule has 4 aromatic heterocycles. The fourth-order valence-electron chi connectivity index (χ4n) is 5.62. The Morgan fingerprint density at radius 3 is 1.79 bits per heavy atom. The van der Waals surface area contributed by atoms with Crippen LogP contribution in [-0.4, -0.2) is 19.9 Å². The van der Waals surface area contributed by atoms with Gasteiger partial charge in [0, 0.05) is 49.4 Å². The lowest BCUT2D eigenvalue weighted by molar-refractivity contribution is 1.12. The summed E-state index contributed by atoms with van der Waals surface area (Å²) in [5.41, 5.74) is 9.23. The van der Waals surface area contributed by atoms with Crippen LogP contribution in [0.25, 0.3) is 66.1 Å². The van der Waals surface area contributed by atoms with Crippen molar-refractivity contribution in [2.45, 2.75) is 0 Å². The number of hydrogen-bond donors (Lipinski definition) is 3. The zero-order chi connectivity index (χ0) is 25.8. The molecular formula is C34H23N5. The van der Waals surface area contributed by atoms with Crippen molar-refractivity contribution in [2.24, 2.45) is 4.99 Å². The third-order valence-electron chi connectivity index (χ3n) is 7.40. The molecule has 8 aromatic rings. The number of aromatic nitrogens is 4. The summed E-state index contributed by atoms with van der Waals surface area (Å²) >= 11 is 0. The Balaban J connectivity index is 1.23. The van der Waals surface area contributed by atoms with Gasteiger partial charge in [0.15, 0.2) is 5.82 Å². The van der Waals surface area contributed by atoms with E-state index in [0.717, 1.165) is 50.1 Å². The summed E-state index contributed by atoms with van der Waals surface area (Å²) in [6.45, 7) is 0. The first-order chi connectivity index (χ1) is 19.3. The van der Waals surface area contributed by atoms with Crippen LogP contribution in [-0.2, 0) is 0 Å². The van der Waals surface area contributed by atoms with E-state index in [4.69, 9.17) is 9.98 Å². The number of para-hydroxylation sites is 4. The predicted octanol–water partition coefficient (Wildman–Crippen LogP) is 8.25. The minimum atomic E-state index is 0.651. The number of hydrogen-bond acceptors (Lipinski definition) is 2. The van der Waals surface area contributed by atoms with Crippen LogP contribution in [0.4, 0.5) is 5.82 Å². The molecule has 0 atom stereocenters. The van der Waals surface area contributed by atoms with Crippen LogP contribution in [0.15, 0.2) is 126 Å². The Bertz CT molecular complexity index is 2250. The van der Waals surface area contributed by atoms with E-state index in [0.29, 0.717) is 5.82 Å². The van der Waals surface area contributed by atoms with E-state index in [2.05, 4.69) is 106 Å². The summed E-state index contributed by atoms with van der Waals surface area (Å²) in [6.07, 6.45) is 0. The molecule has 0 aliphatic rings. The summed E-state index contributed by atoms with van der Waals surface area (Å²) in [5.74, 6) is 0.651. The quantitative estimate of drug-likeness (QED) is 0.224. The van der Waals surface area contributed by atoms with Crippen LogP contribution in [0.3, 0.4) is 0 Å². The van der Waals surface area contributed by atoms with E-state index >= 15 is 0 Å². The molecule has 39 heavy (non-hydrogen) atoms. The second-order valence-corrected chi connectivity index (χ2v) is 9.74. The average molecular weight is 502 g/mol. The molecule has 3 N–H and O–H groups in total. The maximum absolute atomic E-state index is 4.93. The van der Waals surface area contributed by atoms with E-state index in [1.165, 1.54) is 21.5 Å². The molecule has 5 heteroatoms. The van der Waals surface area contributed by atoms with Crippen molar-refractivity contribution in [3.8, 4) is 22.5 Å². The van der Waals surface area contributed by atoms with Crippen LogP contribution in [0.1, 0.15) is 0 Å². The first-order valence-corrected chi connectivity index (χ1v) is 13.0. The van der Waals surface area contributed by atoms with E-state index in [-0.39, 0.29) is 0 Å². The molecule has 0 saturated heterocycles. The van der Waals surface area contributed by atoms with Crippen molar-refractivity contribution in [1.82, 2.24) is 19.9 Å². The molecule has 0 spiro atoms. The van der Waals surface area contributed by atoms with Crippen molar-refractivity contribution >= 4 is 49.4 Å². The van der Waals surface area contributed by atoms with E-state index in [1.807, 2.05) is 30.3 Å². The predicted molar refractivity (Wildman–Crippen MR) is 160 cm³/mol. The maximum atomic E-state index is 4.93. The fourth-order valence-corrected chi connectivity index (χ4v) is 5.62. The molecule has 4 heterocycles. The minimum absolute atomic E-state index is 0.651. The fraction of sp³-hybridized carbons (Fsp3) is 0. The average Bonchev–Trinajstić information content (AvgIpc) is 3.56. The highest BCUT2D eigenvalue weighted by molar-refractivity contribution is 6.12. The smallest absolute Gasteiger partial charge is 0.154 e. The molecule has 5 nitrogen and oxygen atoms in total. The molecule has 0 bridgehead atoms. The molecule has 0 radical (unpaired) electrons. The monoisotopic (exact) mass is 501 g/mol. The molecule has 0 aliphatic heterocycles. The molecular weight excluding hydrogens is 478 g/mol. The molecule has 8 rings (SSSR count). The molecule has 4 aromatic carbocycles. The Labute approximate surface area is 223 Å². The number of benzene rings is 4. The van der Waals surface area contributed by atoms with E-state index < -0.39 is 0 Å². The summed E-state index contributed by atoms with van der Waals surface area (Å²) < 4.78 is 0. The van der Waals surface area contributed by atoms with Crippen molar-refractivity contribution in [1.29, 1.82) is 0 Å². The molecule has 0 unspecified atom stereocenters. The van der Waals surface area contributed by atoms with Gasteiger partial charge in [-0.2, -0.15) is 0 Å². The van der Waals surface area contributed by atoms with Crippen LogP contribution < -0.4 is 5.49 Å². The van der Waals surface area contributed by atoms with Crippen molar-refractivity contribution < 1.29 is 0 Å². The van der Waals surface area contributed by atoms with Crippen molar-refractivity contribution in [3.05, 3.63) is 127 Å². The van der Waals surface area contributed by atoms with Gasteiger partial charge in [-0.15, -0.1) is 0 Å². The second kappa shape index (κ2) is 8.57. The zero-order valence-electron chi connectivity index (χ0n) is 20.9. The number of pyridine rings is 2. The highest BCUT2D eigenvalue weighted by atomic mass is 14.9. The van der Waals surface area contributed by atoms with E-state index in [9.17, 15) is 0 Å². The number of aromatic amines is 3. The standard InChI is InChI=1S/C34H23N5/c1-3-15-27-21(9-1)23-11-5-13-25(33(23)37-27)29-17-7-19-31(35-29)39-32-20-8-18-30(36-32)26-14-6-12-24-22-10-2-4-16-28(22)38-34(24)26/h1-20,37-38H,(H,35,36,39). The lowest BCUT2D eigenvalue weighted by Crippen LogP contribution is -2.07. The van der Waals surface area contributed by atoms with Gasteiger partial charge in [-0.3, -0.25) is 0 Å². The molecule has 0 saturated carbocycles. The molecule has 0 fully saturated rings. The summed E-state index contributed by atoms with van der Waals surface area (Å²) in [4.78, 5) is 20.5. The van der Waals surface area contributed by atoms with Crippen molar-refractivity contribution in [2.75, 3.05) is 0 Å². The molecule has 0 amide bonds. The number of nitrogens with one attached hydrogen (secondary N) is 3. The Kier molecular flexibility index (Phi) is 4.76. The summed E-state index contributed by atoms with van der Waals surface area (Å²) in [6, 6.07) is 41.6. The topological polar surface area (TPSA) is 72.6 Å². The lowest BCUT2D eigenvalue weighted by atomic mass is 10.1. The first-order valence-electron chi connectivity index (χ1n) is 13.0. The largest absolute Gasteiger partial charge is 0.354 e. The SMILES string of the molecule is c1cc(/N=c2/cccc(-c3cccc4c3[nH]c3ccccc34)[nH]2)nc(-c2cccc3c2[nH]c2ccccc23)c1. The summed E-state index contributed by atoms with van der Waals surface area (Å²) in [5, 5.41) is 4.84. The van der Waals surface area contributed by atoms with E-state index in [1.54, 1.807) is 0 Å². The van der Waals surface area contributed by atoms with Crippen molar-refractivity contribution in [3.63, 3.8) is 0 Å². The van der Waals surface area contributed by atoms with Gasteiger partial charge in [0.2, 0.25) is 0 Å². The van der Waals surface area contributed by atoms with Crippen LogP contribution in [0, 0.1) is 0 Å². The highest BCUT2D eigenvalue weighted by Gasteiger charge is 2.11.